The molecule has 0 heterocycles. The molecule has 0 saturated heterocycles. The van der Waals surface area contributed by atoms with Crippen molar-refractivity contribution in [1.29, 1.82) is 0 Å². The Morgan fingerprint density at radius 1 is 0.621 bits per heavy atom. The van der Waals surface area contributed by atoms with E-state index in [1.165, 1.54) is 0 Å². The number of carbonyl (C=O) groups excluding carboxylic acids is 2. The van der Waals surface area contributed by atoms with E-state index in [2.05, 4.69) is 0 Å². The summed E-state index contributed by atoms with van der Waals surface area (Å²) in [6.45, 7) is 0. The number of carbonyl (C=O) groups is 2. The highest BCUT2D eigenvalue weighted by Crippen LogP contribution is 2.36. The van der Waals surface area contributed by atoms with E-state index in [0.717, 1.165) is 0 Å². The number of halogens is 1. The van der Waals surface area contributed by atoms with Crippen LogP contribution in [0.1, 0.15) is 31.8 Å². The summed E-state index contributed by atoms with van der Waals surface area (Å²) in [4.78, 5) is 22.3. The van der Waals surface area contributed by atoms with Crippen LogP contribution in [0.4, 0.5) is 0 Å². The van der Waals surface area contributed by atoms with Gasteiger partial charge in [-0.3, -0.25) is 23.2 Å². The van der Waals surface area contributed by atoms with E-state index in [-0.39, 0.29) is 6.07 Å². The fraction of sp³-hybridized carbons (Fsp3) is 0. The van der Waals surface area contributed by atoms with Gasteiger partial charge in [0.25, 0.3) is 30.4 Å². The normalized spacial score (nSPS) is 14.5. The first-order valence-corrected chi connectivity index (χ1v) is 11.8. The molecule has 0 unspecified atom stereocenters. The van der Waals surface area contributed by atoms with Crippen LogP contribution >= 0.6 is 11.6 Å². The van der Waals surface area contributed by atoms with Crippen LogP contribution in [0.15, 0.2) is 39.0 Å². The van der Waals surface area contributed by atoms with Crippen molar-refractivity contribution in [2.75, 3.05) is 0 Å². The number of hydrogen-bond donors (Lipinski definition) is 3. The minimum absolute atomic E-state index is 0.286. The Bertz CT molecular complexity index is 1450. The molecule has 15 heteroatoms. The average molecular weight is 483 g/mol. The Kier molecular flexibility index (Phi) is 4.75. The molecule has 0 amide bonds. The second-order valence-electron chi connectivity index (χ2n) is 5.76. The highest BCUT2D eigenvalue weighted by Gasteiger charge is 2.38. The SMILES string of the molecule is O=C1c2cc(S(=O)(=O)O)c(Cl)cc2C(=O)c2c1cc(S(=O)(=O)O)cc2S(=O)(=O)O. The Labute approximate surface area is 168 Å². The number of ketones is 2. The quantitative estimate of drug-likeness (QED) is 0.447. The summed E-state index contributed by atoms with van der Waals surface area (Å²) in [5.41, 5.74) is -2.92. The molecule has 0 fully saturated rings. The molecule has 3 rings (SSSR count). The predicted octanol–water partition coefficient (Wildman–Crippen LogP) is 0.856. The fourth-order valence-corrected chi connectivity index (χ4v) is 5.14. The Hall–Kier alpha value is -2.20. The summed E-state index contributed by atoms with van der Waals surface area (Å²) in [7, 11) is -15.2. The van der Waals surface area contributed by atoms with E-state index in [1.54, 1.807) is 0 Å². The lowest BCUT2D eigenvalue weighted by Crippen LogP contribution is -2.25. The summed E-state index contributed by atoms with van der Waals surface area (Å²) < 4.78 is 96.7. The smallest absolute Gasteiger partial charge is 0.289 e. The van der Waals surface area contributed by atoms with Crippen molar-refractivity contribution in [3.63, 3.8) is 0 Å². The van der Waals surface area contributed by atoms with Crippen LogP contribution in [0.5, 0.6) is 0 Å². The molecule has 0 radical (unpaired) electrons. The number of benzene rings is 2. The highest BCUT2D eigenvalue weighted by atomic mass is 35.5. The topological polar surface area (TPSA) is 197 Å². The highest BCUT2D eigenvalue weighted by molar-refractivity contribution is 7.86. The maximum absolute atomic E-state index is 12.8. The first-order valence-electron chi connectivity index (χ1n) is 7.07. The van der Waals surface area contributed by atoms with Gasteiger partial charge in [-0.25, -0.2) is 0 Å². The van der Waals surface area contributed by atoms with Crippen LogP contribution < -0.4 is 0 Å². The minimum atomic E-state index is -5.24. The molecule has 11 nitrogen and oxygen atoms in total. The largest absolute Gasteiger partial charge is 0.296 e. The molecule has 1 aliphatic rings. The van der Waals surface area contributed by atoms with Crippen LogP contribution in [-0.4, -0.2) is 50.5 Å². The van der Waals surface area contributed by atoms with Crippen LogP contribution in [0, 0.1) is 0 Å². The van der Waals surface area contributed by atoms with Gasteiger partial charge in [0.15, 0.2) is 11.6 Å². The molecule has 29 heavy (non-hydrogen) atoms. The third-order valence-electron chi connectivity index (χ3n) is 3.96. The van der Waals surface area contributed by atoms with Gasteiger partial charge < -0.3 is 0 Å². The van der Waals surface area contributed by atoms with Gasteiger partial charge in [-0.1, -0.05) is 11.6 Å². The van der Waals surface area contributed by atoms with Gasteiger partial charge in [0.05, 0.1) is 15.5 Å². The molecule has 0 aliphatic heterocycles. The van der Waals surface area contributed by atoms with Crippen molar-refractivity contribution < 1.29 is 48.5 Å². The number of fused-ring (bicyclic) bond motifs is 2. The predicted molar refractivity (Wildman–Crippen MR) is 94.2 cm³/mol. The lowest BCUT2D eigenvalue weighted by molar-refractivity contribution is 0.0976. The van der Waals surface area contributed by atoms with E-state index >= 15 is 0 Å². The van der Waals surface area contributed by atoms with Crippen LogP contribution in [0.3, 0.4) is 0 Å². The second kappa shape index (κ2) is 6.40. The molecule has 1 aliphatic carbocycles. The summed E-state index contributed by atoms with van der Waals surface area (Å²) in [5, 5.41) is -0.654. The molecule has 2 aromatic rings. The number of hydrogen-bond acceptors (Lipinski definition) is 8. The third kappa shape index (κ3) is 3.59. The lowest BCUT2D eigenvalue weighted by Gasteiger charge is -2.21. The molecule has 0 atom stereocenters. The standard InChI is InChI=1S/C14H7ClO11S3/c15-9-3-6-7(4-10(9)28(21,22)23)13(16)8-1-5(27(18,19)20)2-11(29(24,25)26)12(8)14(6)17/h1-4H,(H,18,19,20)(H,21,22,23)(H,24,25,26). The molecule has 0 bridgehead atoms. The van der Waals surface area contributed by atoms with Crippen molar-refractivity contribution in [1.82, 2.24) is 0 Å². The Morgan fingerprint density at radius 2 is 1.14 bits per heavy atom. The van der Waals surface area contributed by atoms with Crippen molar-refractivity contribution in [2.45, 2.75) is 14.7 Å². The first kappa shape index (κ1) is 21.5. The van der Waals surface area contributed by atoms with Crippen molar-refractivity contribution in [2.24, 2.45) is 0 Å². The molecule has 0 saturated carbocycles. The van der Waals surface area contributed by atoms with Crippen LogP contribution in [0.2, 0.25) is 5.02 Å². The summed E-state index contributed by atoms with van der Waals surface area (Å²) in [5.74, 6) is -2.42. The zero-order valence-corrected chi connectivity index (χ0v) is 16.7. The minimum Gasteiger partial charge on any atom is -0.289 e. The van der Waals surface area contributed by atoms with Gasteiger partial charge in [-0.05, 0) is 24.3 Å². The lowest BCUT2D eigenvalue weighted by atomic mass is 9.84. The van der Waals surface area contributed by atoms with E-state index in [4.69, 9.17) is 11.6 Å². The van der Waals surface area contributed by atoms with Crippen LogP contribution in [0.25, 0.3) is 0 Å². The van der Waals surface area contributed by atoms with Gasteiger partial charge in [-0.15, -0.1) is 0 Å². The molecule has 154 valence electrons. The van der Waals surface area contributed by atoms with Gasteiger partial charge in [0.2, 0.25) is 0 Å². The van der Waals surface area contributed by atoms with Gasteiger partial charge in [0.1, 0.15) is 9.79 Å². The number of rotatable bonds is 3. The molecule has 2 aromatic carbocycles. The molecular weight excluding hydrogens is 476 g/mol. The Balaban J connectivity index is 2.48. The van der Waals surface area contributed by atoms with E-state index in [0.29, 0.717) is 18.2 Å². The zero-order chi connectivity index (χ0) is 22.1. The summed E-state index contributed by atoms with van der Waals surface area (Å²) >= 11 is 5.72. The second-order valence-corrected chi connectivity index (χ2v) is 10.4. The van der Waals surface area contributed by atoms with Crippen molar-refractivity contribution >= 4 is 53.5 Å². The van der Waals surface area contributed by atoms with E-state index < -0.39 is 83.9 Å². The summed E-state index contributed by atoms with van der Waals surface area (Å²) in [6.07, 6.45) is 0. The average Bonchev–Trinajstić information content (AvgIpc) is 2.55. The van der Waals surface area contributed by atoms with Crippen molar-refractivity contribution in [3.8, 4) is 0 Å². The molecule has 0 spiro atoms. The fourth-order valence-electron chi connectivity index (χ4n) is 2.76. The van der Waals surface area contributed by atoms with Crippen LogP contribution in [-0.2, 0) is 30.4 Å². The monoisotopic (exact) mass is 482 g/mol. The maximum atomic E-state index is 12.8. The molecule has 3 N–H and O–H groups in total. The maximum Gasteiger partial charge on any atom is 0.296 e. The van der Waals surface area contributed by atoms with Gasteiger partial charge >= 0.3 is 0 Å². The van der Waals surface area contributed by atoms with Gasteiger partial charge in [0, 0.05) is 16.7 Å². The molecule has 0 aromatic heterocycles. The molecular formula is C14H7ClO11S3. The van der Waals surface area contributed by atoms with E-state index in [1.807, 2.05) is 0 Å². The van der Waals surface area contributed by atoms with E-state index in [9.17, 15) is 48.5 Å². The van der Waals surface area contributed by atoms with Crippen molar-refractivity contribution in [3.05, 3.63) is 51.5 Å². The zero-order valence-electron chi connectivity index (χ0n) is 13.5. The Morgan fingerprint density at radius 3 is 1.62 bits per heavy atom. The van der Waals surface area contributed by atoms with Gasteiger partial charge in [-0.2, -0.15) is 25.3 Å². The third-order valence-corrected chi connectivity index (χ3v) is 6.99. The summed E-state index contributed by atoms with van der Waals surface area (Å²) in [6, 6.07) is 2.04. The first-order chi connectivity index (χ1) is 13.0.